The summed E-state index contributed by atoms with van der Waals surface area (Å²) in [7, 11) is 1.61. The van der Waals surface area contributed by atoms with Gasteiger partial charge >= 0.3 is 0 Å². The number of hydrogen-bond donors (Lipinski definition) is 1. The van der Waals surface area contributed by atoms with Gasteiger partial charge in [0.2, 0.25) is 0 Å². The summed E-state index contributed by atoms with van der Waals surface area (Å²) in [6.07, 6.45) is 4.40. The van der Waals surface area contributed by atoms with Gasteiger partial charge in [-0.05, 0) is 25.5 Å². The van der Waals surface area contributed by atoms with Crippen LogP contribution in [0.2, 0.25) is 0 Å². The molecule has 0 amide bonds. The molecule has 2 heterocycles. The second-order valence-electron chi connectivity index (χ2n) is 4.28. The molecular formula is C14H18N4O. The van der Waals surface area contributed by atoms with E-state index in [0.717, 1.165) is 12.1 Å². The number of aromatic nitrogens is 3. The smallest absolute Gasteiger partial charge is 0.180 e. The van der Waals surface area contributed by atoms with E-state index < -0.39 is 0 Å². The summed E-state index contributed by atoms with van der Waals surface area (Å²) in [5, 5.41) is 3.32. The van der Waals surface area contributed by atoms with Crippen LogP contribution in [0.25, 0.3) is 11.5 Å². The lowest BCUT2D eigenvalue weighted by atomic mass is 10.2. The molecule has 1 unspecified atom stereocenters. The van der Waals surface area contributed by atoms with E-state index in [9.17, 15) is 0 Å². The molecule has 0 aliphatic heterocycles. The predicted molar refractivity (Wildman–Crippen MR) is 75.2 cm³/mol. The standard InChI is InChI=1S/C14H18N4O/c1-4-10(2)17-14-12(19-3)9-16-13(18-14)11-7-5-6-8-15-11/h5-10H,4H2,1-3H3,(H,16,17,18). The van der Waals surface area contributed by atoms with Crippen LogP contribution in [-0.2, 0) is 0 Å². The summed E-state index contributed by atoms with van der Waals surface area (Å²) in [4.78, 5) is 13.0. The van der Waals surface area contributed by atoms with Crippen molar-refractivity contribution >= 4 is 5.82 Å². The molecule has 2 aromatic rings. The van der Waals surface area contributed by atoms with Crippen LogP contribution in [0.4, 0.5) is 5.82 Å². The summed E-state index contributed by atoms with van der Waals surface area (Å²) in [6, 6.07) is 5.98. The van der Waals surface area contributed by atoms with Crippen LogP contribution in [0.15, 0.2) is 30.6 Å². The van der Waals surface area contributed by atoms with Crippen molar-refractivity contribution in [3.63, 3.8) is 0 Å². The second kappa shape index (κ2) is 6.13. The average molecular weight is 258 g/mol. The normalized spacial score (nSPS) is 11.9. The van der Waals surface area contributed by atoms with Crippen molar-refractivity contribution < 1.29 is 4.74 Å². The number of ether oxygens (including phenoxy) is 1. The number of methoxy groups -OCH3 is 1. The van der Waals surface area contributed by atoms with E-state index >= 15 is 0 Å². The number of anilines is 1. The number of nitrogens with zero attached hydrogens (tertiary/aromatic N) is 3. The fourth-order valence-corrected chi connectivity index (χ4v) is 1.58. The third-order valence-corrected chi connectivity index (χ3v) is 2.86. The molecule has 0 bridgehead atoms. The molecule has 0 aliphatic carbocycles. The molecule has 5 heteroatoms. The van der Waals surface area contributed by atoms with Gasteiger partial charge in [0.15, 0.2) is 17.4 Å². The first-order chi connectivity index (χ1) is 9.24. The first-order valence-electron chi connectivity index (χ1n) is 6.33. The third-order valence-electron chi connectivity index (χ3n) is 2.86. The molecule has 0 saturated heterocycles. The number of hydrogen-bond acceptors (Lipinski definition) is 5. The van der Waals surface area contributed by atoms with Gasteiger partial charge in [0.25, 0.3) is 0 Å². The van der Waals surface area contributed by atoms with E-state index in [1.165, 1.54) is 0 Å². The summed E-state index contributed by atoms with van der Waals surface area (Å²) < 4.78 is 5.27. The molecule has 0 aliphatic rings. The van der Waals surface area contributed by atoms with E-state index in [-0.39, 0.29) is 0 Å². The van der Waals surface area contributed by atoms with Gasteiger partial charge < -0.3 is 10.1 Å². The van der Waals surface area contributed by atoms with Crippen LogP contribution < -0.4 is 10.1 Å². The zero-order chi connectivity index (χ0) is 13.7. The number of nitrogens with one attached hydrogen (secondary N) is 1. The van der Waals surface area contributed by atoms with Crippen LogP contribution in [0.5, 0.6) is 5.75 Å². The van der Waals surface area contributed by atoms with Gasteiger partial charge in [-0.2, -0.15) is 0 Å². The Morgan fingerprint density at radius 1 is 1.32 bits per heavy atom. The van der Waals surface area contributed by atoms with Crippen molar-refractivity contribution in [1.82, 2.24) is 15.0 Å². The van der Waals surface area contributed by atoms with E-state index in [1.54, 1.807) is 19.5 Å². The van der Waals surface area contributed by atoms with Crippen LogP contribution in [0.1, 0.15) is 20.3 Å². The van der Waals surface area contributed by atoms with Gasteiger partial charge in [-0.15, -0.1) is 0 Å². The van der Waals surface area contributed by atoms with E-state index in [2.05, 4.69) is 34.1 Å². The first kappa shape index (κ1) is 13.3. The molecule has 5 nitrogen and oxygen atoms in total. The largest absolute Gasteiger partial charge is 0.491 e. The minimum Gasteiger partial charge on any atom is -0.491 e. The van der Waals surface area contributed by atoms with Gasteiger partial charge in [0.1, 0.15) is 5.69 Å². The van der Waals surface area contributed by atoms with E-state index in [1.807, 2.05) is 18.2 Å². The van der Waals surface area contributed by atoms with Crippen molar-refractivity contribution in [3.8, 4) is 17.3 Å². The van der Waals surface area contributed by atoms with Crippen molar-refractivity contribution in [2.45, 2.75) is 26.3 Å². The lowest BCUT2D eigenvalue weighted by Crippen LogP contribution is -2.15. The SMILES string of the molecule is CCC(C)Nc1nc(-c2ccccn2)ncc1OC. The van der Waals surface area contributed by atoms with Crippen LogP contribution in [-0.4, -0.2) is 28.1 Å². The van der Waals surface area contributed by atoms with Crippen molar-refractivity contribution in [3.05, 3.63) is 30.6 Å². The van der Waals surface area contributed by atoms with Gasteiger partial charge in [-0.3, -0.25) is 4.98 Å². The lowest BCUT2D eigenvalue weighted by Gasteiger charge is -2.15. The number of rotatable bonds is 5. The summed E-state index contributed by atoms with van der Waals surface area (Å²) >= 11 is 0. The molecule has 19 heavy (non-hydrogen) atoms. The summed E-state index contributed by atoms with van der Waals surface area (Å²) in [5.41, 5.74) is 0.748. The Labute approximate surface area is 113 Å². The summed E-state index contributed by atoms with van der Waals surface area (Å²) in [6.45, 7) is 4.22. The highest BCUT2D eigenvalue weighted by molar-refractivity contribution is 5.57. The molecule has 2 aromatic heterocycles. The van der Waals surface area contributed by atoms with Gasteiger partial charge in [-0.1, -0.05) is 13.0 Å². The highest BCUT2D eigenvalue weighted by Crippen LogP contribution is 2.24. The Balaban J connectivity index is 2.35. The van der Waals surface area contributed by atoms with Gasteiger partial charge in [0, 0.05) is 12.2 Å². The van der Waals surface area contributed by atoms with Gasteiger partial charge in [0.05, 0.1) is 13.3 Å². The predicted octanol–water partition coefficient (Wildman–Crippen LogP) is 2.76. The van der Waals surface area contributed by atoms with Crippen molar-refractivity contribution in [1.29, 1.82) is 0 Å². The maximum Gasteiger partial charge on any atom is 0.180 e. The average Bonchev–Trinajstić information content (AvgIpc) is 2.48. The Kier molecular flexibility index (Phi) is 4.28. The molecule has 0 aromatic carbocycles. The molecule has 1 atom stereocenters. The molecule has 0 saturated carbocycles. The molecule has 0 fully saturated rings. The van der Waals surface area contributed by atoms with Crippen molar-refractivity contribution in [2.24, 2.45) is 0 Å². The molecule has 1 N–H and O–H groups in total. The maximum atomic E-state index is 5.27. The molecule has 100 valence electrons. The summed E-state index contributed by atoms with van der Waals surface area (Å²) in [5.74, 6) is 1.93. The molecule has 2 rings (SSSR count). The maximum absolute atomic E-state index is 5.27. The Hall–Kier alpha value is -2.17. The van der Waals surface area contributed by atoms with Crippen LogP contribution in [0, 0.1) is 0 Å². The quantitative estimate of drug-likeness (QED) is 0.893. The highest BCUT2D eigenvalue weighted by atomic mass is 16.5. The van der Waals surface area contributed by atoms with Crippen LogP contribution in [0.3, 0.4) is 0 Å². The van der Waals surface area contributed by atoms with Gasteiger partial charge in [-0.25, -0.2) is 9.97 Å². The molecule has 0 spiro atoms. The van der Waals surface area contributed by atoms with E-state index in [0.29, 0.717) is 23.4 Å². The first-order valence-corrected chi connectivity index (χ1v) is 6.33. The Bertz CT molecular complexity index is 530. The minimum absolute atomic E-state index is 0.320. The Morgan fingerprint density at radius 2 is 2.16 bits per heavy atom. The molecule has 0 radical (unpaired) electrons. The van der Waals surface area contributed by atoms with E-state index in [4.69, 9.17) is 4.74 Å². The second-order valence-corrected chi connectivity index (χ2v) is 4.28. The zero-order valence-electron chi connectivity index (χ0n) is 11.4. The highest BCUT2D eigenvalue weighted by Gasteiger charge is 2.11. The third kappa shape index (κ3) is 3.19. The minimum atomic E-state index is 0.320. The molecular weight excluding hydrogens is 240 g/mol. The zero-order valence-corrected chi connectivity index (χ0v) is 11.4. The lowest BCUT2D eigenvalue weighted by molar-refractivity contribution is 0.412. The Morgan fingerprint density at radius 3 is 2.79 bits per heavy atom. The fraction of sp³-hybridized carbons (Fsp3) is 0.357. The van der Waals surface area contributed by atoms with Crippen LogP contribution >= 0.6 is 0 Å². The van der Waals surface area contributed by atoms with Crippen molar-refractivity contribution in [2.75, 3.05) is 12.4 Å². The fourth-order valence-electron chi connectivity index (χ4n) is 1.58. The monoisotopic (exact) mass is 258 g/mol. The topological polar surface area (TPSA) is 59.9 Å². The number of pyridine rings is 1.